The summed E-state index contributed by atoms with van der Waals surface area (Å²) in [6, 6.07) is 15.9. The lowest BCUT2D eigenvalue weighted by Crippen LogP contribution is -2.04. The number of rotatable bonds is 5. The number of carbonyl (C=O) groups is 1. The lowest BCUT2D eigenvalue weighted by Gasteiger charge is -2.06. The number of benzene rings is 2. The maximum absolute atomic E-state index is 12.5. The molecule has 0 spiro atoms. The Labute approximate surface area is 129 Å². The first kappa shape index (κ1) is 15.3. The van der Waals surface area contributed by atoms with Crippen LogP contribution in [-0.2, 0) is 0 Å². The molecule has 0 N–H and O–H groups in total. The molecule has 0 aliphatic heterocycles. The molecule has 0 saturated carbocycles. The van der Waals surface area contributed by atoms with Gasteiger partial charge in [-0.2, -0.15) is 5.26 Å². The van der Waals surface area contributed by atoms with E-state index in [-0.39, 0.29) is 11.4 Å². The van der Waals surface area contributed by atoms with E-state index in [0.29, 0.717) is 17.1 Å². The third kappa shape index (κ3) is 3.33. The van der Waals surface area contributed by atoms with Gasteiger partial charge in [0.1, 0.15) is 23.1 Å². The van der Waals surface area contributed by atoms with Gasteiger partial charge in [-0.3, -0.25) is 4.79 Å². The third-order valence-electron chi connectivity index (χ3n) is 3.14. The molecule has 0 unspecified atom stereocenters. The van der Waals surface area contributed by atoms with E-state index in [0.717, 1.165) is 5.56 Å². The highest BCUT2D eigenvalue weighted by atomic mass is 16.5. The molecule has 2 aromatic carbocycles. The Morgan fingerprint density at radius 2 is 1.73 bits per heavy atom. The lowest BCUT2D eigenvalue weighted by molar-refractivity contribution is 0.103. The average molecular weight is 293 g/mol. The molecule has 0 radical (unpaired) electrons. The first-order valence-corrected chi connectivity index (χ1v) is 6.63. The van der Waals surface area contributed by atoms with Gasteiger partial charge in [0.25, 0.3) is 0 Å². The van der Waals surface area contributed by atoms with Crippen LogP contribution in [0.2, 0.25) is 0 Å². The van der Waals surface area contributed by atoms with Crippen LogP contribution in [0.4, 0.5) is 0 Å². The topological polar surface area (TPSA) is 59.3 Å². The van der Waals surface area contributed by atoms with Crippen molar-refractivity contribution in [2.45, 2.75) is 0 Å². The molecular formula is C18H15NO3. The van der Waals surface area contributed by atoms with Gasteiger partial charge in [0.05, 0.1) is 19.8 Å². The summed E-state index contributed by atoms with van der Waals surface area (Å²) >= 11 is 0. The van der Waals surface area contributed by atoms with E-state index < -0.39 is 0 Å². The fourth-order valence-corrected chi connectivity index (χ4v) is 1.99. The third-order valence-corrected chi connectivity index (χ3v) is 3.14. The van der Waals surface area contributed by atoms with E-state index in [9.17, 15) is 10.1 Å². The average Bonchev–Trinajstić information content (AvgIpc) is 2.59. The van der Waals surface area contributed by atoms with Gasteiger partial charge in [0, 0.05) is 0 Å². The van der Waals surface area contributed by atoms with Gasteiger partial charge >= 0.3 is 0 Å². The standard InChI is InChI=1S/C18H15NO3/c1-21-15-9-7-13(8-10-15)11-14(12-19)18(20)16-5-3-4-6-17(16)22-2/h3-11H,1-2H3. The summed E-state index contributed by atoms with van der Waals surface area (Å²) in [5.74, 6) is 0.797. The summed E-state index contributed by atoms with van der Waals surface area (Å²) in [5.41, 5.74) is 1.17. The first-order chi connectivity index (χ1) is 10.7. The van der Waals surface area contributed by atoms with Crippen molar-refractivity contribution in [3.63, 3.8) is 0 Å². The summed E-state index contributed by atoms with van der Waals surface area (Å²) in [4.78, 5) is 12.5. The zero-order chi connectivity index (χ0) is 15.9. The molecule has 0 aliphatic carbocycles. The molecule has 0 heterocycles. The molecule has 22 heavy (non-hydrogen) atoms. The van der Waals surface area contributed by atoms with Crippen molar-refractivity contribution >= 4 is 11.9 Å². The van der Waals surface area contributed by atoms with E-state index >= 15 is 0 Å². The first-order valence-electron chi connectivity index (χ1n) is 6.63. The van der Waals surface area contributed by atoms with E-state index in [1.54, 1.807) is 61.7 Å². The van der Waals surface area contributed by atoms with Gasteiger partial charge in [0.15, 0.2) is 0 Å². The molecule has 0 fully saturated rings. The monoisotopic (exact) mass is 293 g/mol. The quantitative estimate of drug-likeness (QED) is 0.481. The lowest BCUT2D eigenvalue weighted by atomic mass is 10.0. The highest BCUT2D eigenvalue weighted by molar-refractivity contribution is 6.15. The fourth-order valence-electron chi connectivity index (χ4n) is 1.99. The van der Waals surface area contributed by atoms with Crippen LogP contribution < -0.4 is 9.47 Å². The number of hydrogen-bond acceptors (Lipinski definition) is 4. The minimum absolute atomic E-state index is 0.0506. The molecule has 0 aromatic heterocycles. The second-order valence-electron chi connectivity index (χ2n) is 4.47. The van der Waals surface area contributed by atoms with Gasteiger partial charge in [-0.15, -0.1) is 0 Å². The molecule has 0 atom stereocenters. The van der Waals surface area contributed by atoms with Crippen molar-refractivity contribution in [3.05, 3.63) is 65.2 Å². The molecule has 110 valence electrons. The summed E-state index contributed by atoms with van der Waals surface area (Å²) in [6.45, 7) is 0. The molecule has 2 rings (SSSR count). The number of ketones is 1. The van der Waals surface area contributed by atoms with Crippen molar-refractivity contribution in [2.75, 3.05) is 14.2 Å². The number of ether oxygens (including phenoxy) is 2. The molecule has 0 saturated heterocycles. The van der Waals surface area contributed by atoms with Crippen LogP contribution in [0.5, 0.6) is 11.5 Å². The van der Waals surface area contributed by atoms with E-state index in [2.05, 4.69) is 0 Å². The molecular weight excluding hydrogens is 278 g/mol. The minimum atomic E-state index is -0.365. The van der Waals surface area contributed by atoms with Crippen molar-refractivity contribution in [1.29, 1.82) is 5.26 Å². The zero-order valence-corrected chi connectivity index (χ0v) is 12.4. The normalized spacial score (nSPS) is 10.7. The van der Waals surface area contributed by atoms with Gasteiger partial charge < -0.3 is 9.47 Å². The number of hydrogen-bond donors (Lipinski definition) is 0. The minimum Gasteiger partial charge on any atom is -0.497 e. The van der Waals surface area contributed by atoms with Gasteiger partial charge in [-0.25, -0.2) is 0 Å². The number of allylic oxidation sites excluding steroid dienone is 1. The van der Waals surface area contributed by atoms with Gasteiger partial charge in [-0.05, 0) is 35.9 Å². The Bertz CT molecular complexity index is 740. The number of carbonyl (C=O) groups excluding carboxylic acids is 1. The predicted octanol–water partition coefficient (Wildman–Crippen LogP) is 3.49. The Morgan fingerprint density at radius 3 is 2.32 bits per heavy atom. The number of nitriles is 1. The van der Waals surface area contributed by atoms with Crippen LogP contribution in [-0.4, -0.2) is 20.0 Å². The van der Waals surface area contributed by atoms with E-state index in [1.807, 2.05) is 6.07 Å². The molecule has 4 heteroatoms. The molecule has 0 amide bonds. The van der Waals surface area contributed by atoms with Crippen LogP contribution >= 0.6 is 0 Å². The fraction of sp³-hybridized carbons (Fsp3) is 0.111. The summed E-state index contributed by atoms with van der Waals surface area (Å²) in [7, 11) is 3.07. The van der Waals surface area contributed by atoms with Crippen LogP contribution in [0.3, 0.4) is 0 Å². The maximum Gasteiger partial charge on any atom is 0.207 e. The number of Topliss-reactive ketones (excluding diaryl/α,β-unsaturated/α-hetero) is 1. The smallest absolute Gasteiger partial charge is 0.207 e. The van der Waals surface area contributed by atoms with Crippen molar-refractivity contribution in [1.82, 2.24) is 0 Å². The van der Waals surface area contributed by atoms with Crippen molar-refractivity contribution in [3.8, 4) is 17.6 Å². The predicted molar refractivity (Wildman–Crippen MR) is 83.9 cm³/mol. The van der Waals surface area contributed by atoms with Gasteiger partial charge in [0.2, 0.25) is 5.78 Å². The number of nitrogens with zero attached hydrogens (tertiary/aromatic N) is 1. The molecule has 2 aromatic rings. The highest BCUT2D eigenvalue weighted by Gasteiger charge is 2.16. The summed E-state index contributed by atoms with van der Waals surface area (Å²) < 4.78 is 10.2. The Kier molecular flexibility index (Phi) is 4.94. The van der Waals surface area contributed by atoms with Crippen LogP contribution in [0.25, 0.3) is 6.08 Å². The SMILES string of the molecule is COc1ccc(C=C(C#N)C(=O)c2ccccc2OC)cc1. The van der Waals surface area contributed by atoms with E-state index in [4.69, 9.17) is 9.47 Å². The highest BCUT2D eigenvalue weighted by Crippen LogP contribution is 2.22. The van der Waals surface area contributed by atoms with Crippen molar-refractivity contribution in [2.24, 2.45) is 0 Å². The second kappa shape index (κ2) is 7.09. The second-order valence-corrected chi connectivity index (χ2v) is 4.47. The van der Waals surface area contributed by atoms with Crippen molar-refractivity contribution < 1.29 is 14.3 Å². The van der Waals surface area contributed by atoms with E-state index in [1.165, 1.54) is 7.11 Å². The largest absolute Gasteiger partial charge is 0.497 e. The summed E-state index contributed by atoms with van der Waals surface area (Å²) in [5, 5.41) is 9.28. The number of methoxy groups -OCH3 is 2. The Balaban J connectivity index is 2.36. The molecule has 0 bridgehead atoms. The Morgan fingerprint density at radius 1 is 1.05 bits per heavy atom. The Hall–Kier alpha value is -3.06. The van der Waals surface area contributed by atoms with Crippen LogP contribution in [0.15, 0.2) is 54.1 Å². The summed E-state index contributed by atoms with van der Waals surface area (Å²) in [6.07, 6.45) is 1.55. The molecule has 4 nitrogen and oxygen atoms in total. The van der Waals surface area contributed by atoms with Crippen LogP contribution in [0, 0.1) is 11.3 Å². The van der Waals surface area contributed by atoms with Crippen LogP contribution in [0.1, 0.15) is 15.9 Å². The number of para-hydroxylation sites is 1. The maximum atomic E-state index is 12.5. The molecule has 0 aliphatic rings. The van der Waals surface area contributed by atoms with Gasteiger partial charge in [-0.1, -0.05) is 24.3 Å². The zero-order valence-electron chi connectivity index (χ0n) is 12.4.